The number of rotatable bonds is 4. The molecule has 0 aromatic carbocycles. The molecule has 0 saturated heterocycles. The fourth-order valence-corrected chi connectivity index (χ4v) is 1.36. The molecule has 0 aliphatic rings. The first-order valence-corrected chi connectivity index (χ1v) is 4.99. The molecule has 2 aromatic heterocycles. The number of unbranched alkanes of at least 4 members (excludes halogenated alkanes) is 1. The van der Waals surface area contributed by atoms with Crippen LogP contribution in [0, 0.1) is 6.92 Å². The summed E-state index contributed by atoms with van der Waals surface area (Å²) in [6.45, 7) is 3.80. The largest absolute Gasteiger partial charge is 0.348 e. The zero-order valence-corrected chi connectivity index (χ0v) is 8.48. The smallest absolute Gasteiger partial charge is 0.115 e. The molecule has 2 heterocycles. The van der Waals surface area contributed by atoms with Crippen LogP contribution >= 0.6 is 0 Å². The average Bonchev–Trinajstić information content (AvgIpc) is 2.76. The highest BCUT2D eigenvalue weighted by Crippen LogP contribution is 2.14. The van der Waals surface area contributed by atoms with E-state index in [1.807, 2.05) is 6.20 Å². The molecular formula is C11H13N4. The van der Waals surface area contributed by atoms with Crippen molar-refractivity contribution < 1.29 is 0 Å². The van der Waals surface area contributed by atoms with Gasteiger partial charge in [-0.2, -0.15) is 0 Å². The molecule has 0 aliphatic carbocycles. The molecule has 0 aliphatic heterocycles. The molecule has 4 nitrogen and oxygen atoms in total. The zero-order valence-electron chi connectivity index (χ0n) is 8.48. The number of hydrogen-bond donors (Lipinski definition) is 1. The normalized spacial score (nSPS) is 10.5. The summed E-state index contributed by atoms with van der Waals surface area (Å²) in [5, 5.41) is 0. The van der Waals surface area contributed by atoms with Crippen molar-refractivity contribution in [2.45, 2.75) is 19.3 Å². The minimum Gasteiger partial charge on any atom is -0.348 e. The van der Waals surface area contributed by atoms with Crippen molar-refractivity contribution in [3.63, 3.8) is 0 Å². The third-order valence-electron chi connectivity index (χ3n) is 2.15. The third-order valence-corrected chi connectivity index (χ3v) is 2.15. The van der Waals surface area contributed by atoms with Crippen LogP contribution in [0.5, 0.6) is 0 Å². The first-order chi connectivity index (χ1) is 7.40. The van der Waals surface area contributed by atoms with Gasteiger partial charge in [-0.25, -0.2) is 15.0 Å². The summed E-state index contributed by atoms with van der Waals surface area (Å²) < 4.78 is 0. The Kier molecular flexibility index (Phi) is 3.07. The van der Waals surface area contributed by atoms with Crippen molar-refractivity contribution >= 4 is 0 Å². The first kappa shape index (κ1) is 9.83. The Morgan fingerprint density at radius 2 is 2.07 bits per heavy atom. The van der Waals surface area contributed by atoms with Gasteiger partial charge < -0.3 is 4.98 Å². The number of H-pyrrole nitrogens is 1. The Hall–Kier alpha value is -1.71. The van der Waals surface area contributed by atoms with Crippen LogP contribution < -0.4 is 0 Å². The number of aromatic nitrogens is 4. The highest BCUT2D eigenvalue weighted by Gasteiger charge is 2.03. The molecule has 0 saturated carbocycles. The van der Waals surface area contributed by atoms with E-state index in [1.165, 1.54) is 6.33 Å². The molecule has 2 rings (SSSR count). The van der Waals surface area contributed by atoms with Gasteiger partial charge in [0.15, 0.2) is 0 Å². The molecule has 77 valence electrons. The predicted octanol–water partition coefficient (Wildman–Crippen LogP) is 2.02. The van der Waals surface area contributed by atoms with Crippen molar-refractivity contribution in [2.75, 3.05) is 0 Å². The molecule has 0 spiro atoms. The van der Waals surface area contributed by atoms with Crippen molar-refractivity contribution in [1.82, 2.24) is 19.9 Å². The fraction of sp³-hybridized carbons (Fsp3) is 0.273. The van der Waals surface area contributed by atoms with Crippen LogP contribution in [0.2, 0.25) is 0 Å². The molecule has 1 radical (unpaired) electrons. The summed E-state index contributed by atoms with van der Waals surface area (Å²) in [5.74, 6) is 0.998. The van der Waals surface area contributed by atoms with Gasteiger partial charge >= 0.3 is 0 Å². The summed E-state index contributed by atoms with van der Waals surface area (Å²) >= 11 is 0. The maximum atomic E-state index is 4.45. The van der Waals surface area contributed by atoms with Gasteiger partial charge in [-0.1, -0.05) is 13.3 Å². The van der Waals surface area contributed by atoms with Crippen molar-refractivity contribution in [3.05, 3.63) is 37.7 Å². The Balaban J connectivity index is 2.14. The lowest BCUT2D eigenvalue weighted by Crippen LogP contribution is -1.87. The number of nitrogens with zero attached hydrogens (tertiary/aromatic N) is 3. The van der Waals surface area contributed by atoms with Crippen LogP contribution in [-0.4, -0.2) is 19.9 Å². The number of imidazole rings is 1. The van der Waals surface area contributed by atoms with Crippen LogP contribution in [0.4, 0.5) is 0 Å². The summed E-state index contributed by atoms with van der Waals surface area (Å²) in [6.07, 6.45) is 9.85. The van der Waals surface area contributed by atoms with Gasteiger partial charge in [-0.05, 0) is 6.42 Å². The summed E-state index contributed by atoms with van der Waals surface area (Å²) in [5.41, 5.74) is 1.84. The van der Waals surface area contributed by atoms with E-state index < -0.39 is 0 Å². The van der Waals surface area contributed by atoms with Gasteiger partial charge in [0.2, 0.25) is 0 Å². The van der Waals surface area contributed by atoms with E-state index in [4.69, 9.17) is 0 Å². The summed E-state index contributed by atoms with van der Waals surface area (Å²) in [4.78, 5) is 15.5. The SMILES string of the molecule is [CH2]CCCc1nc(-c2cncnc2)c[nH]1. The zero-order chi connectivity index (χ0) is 10.5. The van der Waals surface area contributed by atoms with Crippen LogP contribution in [0.15, 0.2) is 24.9 Å². The maximum absolute atomic E-state index is 4.45. The van der Waals surface area contributed by atoms with Crippen molar-refractivity contribution in [3.8, 4) is 11.3 Å². The van der Waals surface area contributed by atoms with E-state index in [0.29, 0.717) is 0 Å². The van der Waals surface area contributed by atoms with E-state index in [9.17, 15) is 0 Å². The fourth-order valence-electron chi connectivity index (χ4n) is 1.36. The van der Waals surface area contributed by atoms with E-state index in [2.05, 4.69) is 26.9 Å². The molecule has 1 N–H and O–H groups in total. The monoisotopic (exact) mass is 201 g/mol. The van der Waals surface area contributed by atoms with Gasteiger partial charge in [-0.3, -0.25) is 0 Å². The highest BCUT2D eigenvalue weighted by molar-refractivity contribution is 5.55. The number of nitrogens with one attached hydrogen (secondary N) is 1. The molecule has 0 bridgehead atoms. The van der Waals surface area contributed by atoms with Gasteiger partial charge in [0.05, 0.1) is 5.69 Å². The van der Waals surface area contributed by atoms with E-state index in [0.717, 1.165) is 36.3 Å². The van der Waals surface area contributed by atoms with Gasteiger partial charge in [0, 0.05) is 30.6 Å². The molecule has 0 atom stereocenters. The standard InChI is InChI=1S/C11H13N4/c1-2-3-4-11-14-7-10(15-11)9-5-12-8-13-6-9/h5-8H,1-4H2,(H,14,15). The van der Waals surface area contributed by atoms with E-state index >= 15 is 0 Å². The first-order valence-electron chi connectivity index (χ1n) is 4.99. The Morgan fingerprint density at radius 3 is 2.80 bits per heavy atom. The minimum atomic E-state index is 0.898. The average molecular weight is 201 g/mol. The third kappa shape index (κ3) is 2.40. The minimum absolute atomic E-state index is 0.898. The van der Waals surface area contributed by atoms with Crippen LogP contribution in [0.3, 0.4) is 0 Å². The van der Waals surface area contributed by atoms with E-state index in [-0.39, 0.29) is 0 Å². The van der Waals surface area contributed by atoms with Gasteiger partial charge in [0.25, 0.3) is 0 Å². The second kappa shape index (κ2) is 4.68. The Labute approximate surface area is 88.8 Å². The Morgan fingerprint density at radius 1 is 1.27 bits per heavy atom. The molecule has 0 unspecified atom stereocenters. The second-order valence-corrected chi connectivity index (χ2v) is 3.32. The number of aryl methyl sites for hydroxylation is 1. The number of hydrogen-bond acceptors (Lipinski definition) is 3. The molecule has 4 heteroatoms. The lowest BCUT2D eigenvalue weighted by molar-refractivity contribution is 0.798. The topological polar surface area (TPSA) is 54.5 Å². The van der Waals surface area contributed by atoms with Crippen LogP contribution in [-0.2, 0) is 6.42 Å². The molecule has 2 aromatic rings. The lowest BCUT2D eigenvalue weighted by atomic mass is 10.2. The molecule has 0 fully saturated rings. The van der Waals surface area contributed by atoms with Crippen molar-refractivity contribution in [2.24, 2.45) is 0 Å². The van der Waals surface area contributed by atoms with Gasteiger partial charge in [-0.15, -0.1) is 0 Å². The molecular weight excluding hydrogens is 188 g/mol. The molecule has 15 heavy (non-hydrogen) atoms. The maximum Gasteiger partial charge on any atom is 0.115 e. The summed E-state index contributed by atoms with van der Waals surface area (Å²) in [6, 6.07) is 0. The van der Waals surface area contributed by atoms with Crippen LogP contribution in [0.25, 0.3) is 11.3 Å². The van der Waals surface area contributed by atoms with Crippen molar-refractivity contribution in [1.29, 1.82) is 0 Å². The van der Waals surface area contributed by atoms with Gasteiger partial charge in [0.1, 0.15) is 12.2 Å². The Bertz CT molecular complexity index is 408. The second-order valence-electron chi connectivity index (χ2n) is 3.32. The predicted molar refractivity (Wildman–Crippen MR) is 57.9 cm³/mol. The molecule has 0 amide bonds. The lowest BCUT2D eigenvalue weighted by Gasteiger charge is -1.93. The summed E-state index contributed by atoms with van der Waals surface area (Å²) in [7, 11) is 0. The quantitative estimate of drug-likeness (QED) is 0.823. The van der Waals surface area contributed by atoms with Crippen LogP contribution in [0.1, 0.15) is 18.7 Å². The number of aromatic amines is 1. The van der Waals surface area contributed by atoms with E-state index in [1.54, 1.807) is 12.4 Å². The highest BCUT2D eigenvalue weighted by atomic mass is 14.9.